The Morgan fingerprint density at radius 3 is 2.44 bits per heavy atom. The second-order valence-corrected chi connectivity index (χ2v) is 5.53. The van der Waals surface area contributed by atoms with Crippen LogP contribution in [-0.4, -0.2) is 24.4 Å². The van der Waals surface area contributed by atoms with E-state index < -0.39 is 9.84 Å². The van der Waals surface area contributed by atoms with Crippen molar-refractivity contribution in [3.05, 3.63) is 0 Å². The molecule has 1 saturated heterocycles. The number of hydrogen-bond acceptors (Lipinski definition) is 2. The van der Waals surface area contributed by atoms with Crippen LogP contribution in [0.15, 0.2) is 0 Å². The Morgan fingerprint density at radius 1 is 1.56 bits per heavy atom. The van der Waals surface area contributed by atoms with Gasteiger partial charge in [0.15, 0.2) is 9.84 Å². The molecule has 0 saturated carbocycles. The summed E-state index contributed by atoms with van der Waals surface area (Å²) in [5.41, 5.74) is 0. The fourth-order valence-electron chi connectivity index (χ4n) is 0.994. The van der Waals surface area contributed by atoms with Crippen molar-refractivity contribution in [3.8, 4) is 0 Å². The molecule has 0 aromatic carbocycles. The molecule has 1 fully saturated rings. The molecule has 1 unspecified atom stereocenters. The van der Waals surface area contributed by atoms with Crippen molar-refractivity contribution in [2.24, 2.45) is 5.92 Å². The van der Waals surface area contributed by atoms with Gasteiger partial charge in [-0.3, -0.25) is 0 Å². The first-order valence-corrected chi connectivity index (χ1v) is 6.25. The summed E-state index contributed by atoms with van der Waals surface area (Å²) in [5.74, 6) is 1.28. The molecule has 0 bridgehead atoms. The Morgan fingerprint density at radius 2 is 2.22 bits per heavy atom. The molecule has 54 valence electrons. The number of hydrogen-bond donors (Lipinski definition) is 0. The Hall–Kier alpha value is 0.680. The summed E-state index contributed by atoms with van der Waals surface area (Å²) in [4.78, 5) is 0. The number of alkyl halides is 1. The van der Waals surface area contributed by atoms with Gasteiger partial charge in [0.1, 0.15) is 0 Å². The summed E-state index contributed by atoms with van der Waals surface area (Å²) in [6, 6.07) is 0. The second-order valence-electron chi connectivity index (χ2n) is 2.42. The molecule has 0 N–H and O–H groups in total. The quantitative estimate of drug-likeness (QED) is 0.517. The predicted molar refractivity (Wildman–Crippen MR) is 45.6 cm³/mol. The van der Waals surface area contributed by atoms with Gasteiger partial charge in [0.25, 0.3) is 0 Å². The summed E-state index contributed by atoms with van der Waals surface area (Å²) < 4.78 is 22.6. The van der Waals surface area contributed by atoms with E-state index in [4.69, 9.17) is 0 Å². The van der Waals surface area contributed by atoms with Gasteiger partial charge in [-0.15, -0.1) is 0 Å². The molecule has 1 atom stereocenters. The summed E-state index contributed by atoms with van der Waals surface area (Å²) >= 11 is 2.24. The summed E-state index contributed by atoms with van der Waals surface area (Å²) in [6.07, 6.45) is 0.880. The first-order chi connectivity index (χ1) is 4.14. The summed E-state index contributed by atoms with van der Waals surface area (Å²) in [6.45, 7) is 0. The standard InChI is InChI=1S/C5H9IO2S/c6-3-5-1-2-9(7,8)4-5/h5H,1-4H2. The van der Waals surface area contributed by atoms with E-state index in [1.165, 1.54) is 0 Å². The van der Waals surface area contributed by atoms with Crippen LogP contribution in [0, 0.1) is 5.92 Å². The van der Waals surface area contributed by atoms with Crippen LogP contribution >= 0.6 is 22.6 Å². The highest BCUT2D eigenvalue weighted by Crippen LogP contribution is 2.19. The summed E-state index contributed by atoms with van der Waals surface area (Å²) in [5, 5.41) is 0. The van der Waals surface area contributed by atoms with E-state index in [1.807, 2.05) is 0 Å². The smallest absolute Gasteiger partial charge is 0.150 e. The highest BCUT2D eigenvalue weighted by molar-refractivity contribution is 14.1. The molecule has 9 heavy (non-hydrogen) atoms. The molecule has 0 spiro atoms. The van der Waals surface area contributed by atoms with Gasteiger partial charge in [0.05, 0.1) is 11.5 Å². The number of halogens is 1. The topological polar surface area (TPSA) is 34.1 Å². The van der Waals surface area contributed by atoms with Crippen LogP contribution in [0.1, 0.15) is 6.42 Å². The molecule has 1 aliphatic heterocycles. The Balaban J connectivity index is 2.58. The van der Waals surface area contributed by atoms with Crippen molar-refractivity contribution in [3.63, 3.8) is 0 Å². The number of rotatable bonds is 1. The van der Waals surface area contributed by atoms with Crippen LogP contribution in [0.2, 0.25) is 0 Å². The van der Waals surface area contributed by atoms with Crippen molar-refractivity contribution < 1.29 is 8.42 Å². The average molecular weight is 260 g/mol. The Bertz CT molecular complexity index is 185. The Labute approximate surface area is 69.1 Å². The third-order valence-corrected chi connectivity index (χ3v) is 4.63. The third kappa shape index (κ3) is 2.07. The van der Waals surface area contributed by atoms with Crippen molar-refractivity contribution in [1.82, 2.24) is 0 Å². The zero-order chi connectivity index (χ0) is 6.91. The SMILES string of the molecule is O=S1(=O)CCC(CI)C1. The van der Waals surface area contributed by atoms with E-state index >= 15 is 0 Å². The second kappa shape index (κ2) is 2.74. The van der Waals surface area contributed by atoms with Crippen molar-refractivity contribution >= 4 is 32.4 Å². The van der Waals surface area contributed by atoms with E-state index in [9.17, 15) is 8.42 Å². The summed E-state index contributed by atoms with van der Waals surface area (Å²) in [7, 11) is -2.61. The van der Waals surface area contributed by atoms with E-state index in [-0.39, 0.29) is 0 Å². The van der Waals surface area contributed by atoms with Crippen molar-refractivity contribution in [1.29, 1.82) is 0 Å². The maximum atomic E-state index is 10.8. The van der Waals surface area contributed by atoms with Crippen LogP contribution in [0.4, 0.5) is 0 Å². The van der Waals surface area contributed by atoms with E-state index in [1.54, 1.807) is 0 Å². The molecule has 0 radical (unpaired) electrons. The molecule has 1 heterocycles. The minimum atomic E-state index is -2.61. The van der Waals surface area contributed by atoms with Gasteiger partial charge in [-0.1, -0.05) is 22.6 Å². The zero-order valence-electron chi connectivity index (χ0n) is 5.01. The van der Waals surface area contributed by atoms with Crippen LogP contribution in [0.25, 0.3) is 0 Å². The fraction of sp³-hybridized carbons (Fsp3) is 1.00. The van der Waals surface area contributed by atoms with E-state index in [2.05, 4.69) is 22.6 Å². The van der Waals surface area contributed by atoms with Gasteiger partial charge in [-0.2, -0.15) is 0 Å². The van der Waals surface area contributed by atoms with Crippen LogP contribution in [0.5, 0.6) is 0 Å². The normalized spacial score (nSPS) is 32.8. The number of sulfone groups is 1. The minimum absolute atomic E-state index is 0.417. The zero-order valence-corrected chi connectivity index (χ0v) is 7.98. The van der Waals surface area contributed by atoms with Gasteiger partial charge < -0.3 is 0 Å². The molecule has 1 rings (SSSR count). The van der Waals surface area contributed by atoms with Gasteiger partial charge >= 0.3 is 0 Å². The van der Waals surface area contributed by atoms with E-state index in [0.29, 0.717) is 17.4 Å². The lowest BCUT2D eigenvalue weighted by molar-refractivity contribution is 0.600. The molecule has 1 aliphatic rings. The average Bonchev–Trinajstić information content (AvgIpc) is 2.10. The lowest BCUT2D eigenvalue weighted by Crippen LogP contribution is -2.05. The van der Waals surface area contributed by atoms with Gasteiger partial charge in [0, 0.05) is 4.43 Å². The largest absolute Gasteiger partial charge is 0.229 e. The van der Waals surface area contributed by atoms with E-state index in [0.717, 1.165) is 10.8 Å². The van der Waals surface area contributed by atoms with Crippen molar-refractivity contribution in [2.75, 3.05) is 15.9 Å². The lowest BCUT2D eigenvalue weighted by Gasteiger charge is -1.96. The highest BCUT2D eigenvalue weighted by atomic mass is 127. The first-order valence-electron chi connectivity index (χ1n) is 2.90. The molecule has 2 nitrogen and oxygen atoms in total. The van der Waals surface area contributed by atoms with Gasteiger partial charge in [-0.25, -0.2) is 8.42 Å². The monoisotopic (exact) mass is 260 g/mol. The minimum Gasteiger partial charge on any atom is -0.229 e. The maximum absolute atomic E-state index is 10.8. The third-order valence-electron chi connectivity index (χ3n) is 1.54. The molecular weight excluding hydrogens is 251 g/mol. The van der Waals surface area contributed by atoms with Crippen LogP contribution in [-0.2, 0) is 9.84 Å². The first kappa shape index (κ1) is 7.78. The predicted octanol–water partition coefficient (Wildman–Crippen LogP) is 0.856. The fourth-order valence-corrected chi connectivity index (χ4v) is 4.03. The van der Waals surface area contributed by atoms with Gasteiger partial charge in [-0.05, 0) is 12.3 Å². The Kier molecular flexibility index (Phi) is 2.37. The molecule has 4 heteroatoms. The van der Waals surface area contributed by atoms with Crippen LogP contribution in [0.3, 0.4) is 0 Å². The molecule has 0 amide bonds. The molecule has 0 aromatic heterocycles. The lowest BCUT2D eigenvalue weighted by atomic mass is 10.2. The molecular formula is C5H9IO2S. The maximum Gasteiger partial charge on any atom is 0.150 e. The van der Waals surface area contributed by atoms with Crippen molar-refractivity contribution in [2.45, 2.75) is 6.42 Å². The highest BCUT2D eigenvalue weighted by Gasteiger charge is 2.26. The molecule has 0 aromatic rings. The molecule has 0 aliphatic carbocycles. The van der Waals surface area contributed by atoms with Crippen LogP contribution < -0.4 is 0 Å². The van der Waals surface area contributed by atoms with Gasteiger partial charge in [0.2, 0.25) is 0 Å².